The summed E-state index contributed by atoms with van der Waals surface area (Å²) in [5.41, 5.74) is 0. The van der Waals surface area contributed by atoms with Gasteiger partial charge in [-0.15, -0.1) is 0 Å². The molecule has 12 heavy (non-hydrogen) atoms. The van der Waals surface area contributed by atoms with Crippen molar-refractivity contribution in [3.8, 4) is 0 Å². The Balaban J connectivity index is 4.36. The summed E-state index contributed by atoms with van der Waals surface area (Å²) in [6.45, 7) is 0.702. The maximum Gasteiger partial charge on any atom is 0.406 e. The summed E-state index contributed by atoms with van der Waals surface area (Å²) >= 11 is 0. The third-order valence-electron chi connectivity index (χ3n) is 0.585. The molecule has 0 aliphatic carbocycles. The highest BCUT2D eigenvalue weighted by molar-refractivity contribution is 7.87. The van der Waals surface area contributed by atoms with E-state index in [4.69, 9.17) is 0 Å². The molecule has 0 rings (SSSR count). The molecule has 0 saturated heterocycles. The molecule has 8 heteroatoms. The Labute approximate surface area is 66.4 Å². The predicted molar refractivity (Wildman–Crippen MR) is 31.6 cm³/mol. The smallest absolute Gasteiger partial charge is 0.346 e. The number of alkyl halides is 3. The van der Waals surface area contributed by atoms with Crippen molar-refractivity contribution in [3.63, 3.8) is 0 Å². The Kier molecular flexibility index (Phi) is 3.08. The van der Waals surface area contributed by atoms with Crippen LogP contribution in [0.1, 0.15) is 6.92 Å². The highest BCUT2D eigenvalue weighted by atomic mass is 32.2. The zero-order valence-corrected chi connectivity index (χ0v) is 6.70. The Hall–Kier alpha value is -0.790. The molecule has 0 atom stereocenters. The summed E-state index contributed by atoms with van der Waals surface area (Å²) in [7, 11) is -4.81. The third kappa shape index (κ3) is 5.96. The molecule has 0 saturated carbocycles. The second-order valence-corrected chi connectivity index (χ2v) is 3.46. The normalized spacial score (nSPS) is 12.7. The van der Waals surface area contributed by atoms with Gasteiger partial charge in [0.25, 0.3) is 0 Å². The first-order valence-corrected chi connectivity index (χ1v) is 4.19. The molecule has 0 aliphatic rings. The summed E-state index contributed by atoms with van der Waals surface area (Å²) in [6, 6.07) is 0. The first-order chi connectivity index (χ1) is 5.12. The van der Waals surface area contributed by atoms with Gasteiger partial charge in [-0.3, -0.25) is 4.79 Å². The summed E-state index contributed by atoms with van der Waals surface area (Å²) in [5, 5.41) is 0. The second kappa shape index (κ2) is 3.30. The van der Waals surface area contributed by atoms with Crippen molar-refractivity contribution in [2.45, 2.75) is 13.1 Å². The standard InChI is InChI=1S/C4H5F3O4S/c1-3(8)11-12(9,10)2-4(5,6)7/h2H2,1H3. The molecule has 0 aliphatic heterocycles. The van der Waals surface area contributed by atoms with Crippen LogP contribution in [0.25, 0.3) is 0 Å². The molecule has 0 heterocycles. The van der Waals surface area contributed by atoms with E-state index < -0.39 is 28.0 Å². The highest BCUT2D eigenvalue weighted by Gasteiger charge is 2.36. The minimum absolute atomic E-state index is 0.702. The molecule has 0 amide bonds. The van der Waals surface area contributed by atoms with Crippen molar-refractivity contribution >= 4 is 16.1 Å². The fraction of sp³-hybridized carbons (Fsp3) is 0.750. The van der Waals surface area contributed by atoms with Crippen molar-refractivity contribution in [3.05, 3.63) is 0 Å². The van der Waals surface area contributed by atoms with Gasteiger partial charge in [0.2, 0.25) is 0 Å². The fourth-order valence-corrected chi connectivity index (χ4v) is 1.23. The number of carbonyl (C=O) groups is 1. The molecule has 0 spiro atoms. The Morgan fingerprint density at radius 1 is 1.42 bits per heavy atom. The van der Waals surface area contributed by atoms with Crippen LogP contribution in [0.15, 0.2) is 0 Å². The minimum atomic E-state index is -4.89. The zero-order chi connectivity index (χ0) is 9.99. The van der Waals surface area contributed by atoms with Crippen LogP contribution in [-0.2, 0) is 19.1 Å². The zero-order valence-electron chi connectivity index (χ0n) is 5.88. The lowest BCUT2D eigenvalue weighted by molar-refractivity contribution is -0.132. The summed E-state index contributed by atoms with van der Waals surface area (Å²) in [5.74, 6) is -3.45. The first kappa shape index (κ1) is 11.2. The summed E-state index contributed by atoms with van der Waals surface area (Å²) in [6.07, 6.45) is -4.89. The van der Waals surface area contributed by atoms with E-state index >= 15 is 0 Å². The predicted octanol–water partition coefficient (Wildman–Crippen LogP) is 0.442. The van der Waals surface area contributed by atoms with Crippen LogP contribution in [0, 0.1) is 0 Å². The van der Waals surface area contributed by atoms with E-state index in [-0.39, 0.29) is 0 Å². The van der Waals surface area contributed by atoms with Crippen molar-refractivity contribution < 1.29 is 30.6 Å². The summed E-state index contributed by atoms with van der Waals surface area (Å²) < 4.78 is 58.3. The van der Waals surface area contributed by atoms with Crippen molar-refractivity contribution in [1.82, 2.24) is 0 Å². The van der Waals surface area contributed by atoms with Crippen molar-refractivity contribution in [1.29, 1.82) is 0 Å². The summed E-state index contributed by atoms with van der Waals surface area (Å²) in [4.78, 5) is 9.98. The number of hydrogen-bond acceptors (Lipinski definition) is 4. The minimum Gasteiger partial charge on any atom is -0.346 e. The number of rotatable bonds is 2. The van der Waals surface area contributed by atoms with Crippen LogP contribution in [0.5, 0.6) is 0 Å². The van der Waals surface area contributed by atoms with E-state index in [1.54, 1.807) is 0 Å². The highest BCUT2D eigenvalue weighted by Crippen LogP contribution is 2.17. The average Bonchev–Trinajstić information content (AvgIpc) is 1.48. The van der Waals surface area contributed by atoms with Gasteiger partial charge in [-0.05, 0) is 0 Å². The van der Waals surface area contributed by atoms with Gasteiger partial charge in [-0.25, -0.2) is 0 Å². The van der Waals surface area contributed by atoms with Gasteiger partial charge >= 0.3 is 22.3 Å². The molecule has 0 aromatic rings. The lowest BCUT2D eigenvalue weighted by atomic mass is 10.8. The maximum atomic E-state index is 11.4. The molecule has 0 N–H and O–H groups in total. The molecule has 0 aromatic heterocycles. The first-order valence-electron chi connectivity index (χ1n) is 2.62. The molecule has 0 radical (unpaired) electrons. The van der Waals surface area contributed by atoms with Crippen LogP contribution in [0.3, 0.4) is 0 Å². The molecular weight excluding hydrogens is 201 g/mol. The van der Waals surface area contributed by atoms with Gasteiger partial charge in [-0.1, -0.05) is 0 Å². The van der Waals surface area contributed by atoms with Crippen LogP contribution in [0.4, 0.5) is 13.2 Å². The van der Waals surface area contributed by atoms with Crippen LogP contribution < -0.4 is 0 Å². The largest absolute Gasteiger partial charge is 0.406 e. The molecule has 72 valence electrons. The van der Waals surface area contributed by atoms with Gasteiger partial charge in [0.15, 0.2) is 5.75 Å². The van der Waals surface area contributed by atoms with Crippen molar-refractivity contribution in [2.24, 2.45) is 0 Å². The number of carbonyl (C=O) groups excluding carboxylic acids is 1. The van der Waals surface area contributed by atoms with E-state index in [2.05, 4.69) is 4.18 Å². The Bertz CT molecular complexity index is 265. The maximum absolute atomic E-state index is 11.4. The number of hydrogen-bond donors (Lipinski definition) is 0. The molecule has 0 aromatic carbocycles. The van der Waals surface area contributed by atoms with Gasteiger partial charge in [0.05, 0.1) is 0 Å². The molecule has 4 nitrogen and oxygen atoms in total. The third-order valence-corrected chi connectivity index (χ3v) is 1.75. The van der Waals surface area contributed by atoms with E-state index in [1.165, 1.54) is 0 Å². The molecule has 0 bridgehead atoms. The van der Waals surface area contributed by atoms with E-state index in [0.29, 0.717) is 6.92 Å². The van der Waals surface area contributed by atoms with E-state index in [1.807, 2.05) is 0 Å². The van der Waals surface area contributed by atoms with Gasteiger partial charge in [0, 0.05) is 6.92 Å². The fourth-order valence-electron chi connectivity index (χ4n) is 0.409. The van der Waals surface area contributed by atoms with E-state index in [0.717, 1.165) is 0 Å². The van der Waals surface area contributed by atoms with Crippen molar-refractivity contribution in [2.75, 3.05) is 5.75 Å². The van der Waals surface area contributed by atoms with Gasteiger partial charge in [0.1, 0.15) is 0 Å². The second-order valence-electron chi connectivity index (χ2n) is 1.89. The van der Waals surface area contributed by atoms with Crippen LogP contribution >= 0.6 is 0 Å². The van der Waals surface area contributed by atoms with Crippen LogP contribution in [-0.4, -0.2) is 26.3 Å². The monoisotopic (exact) mass is 206 g/mol. The molecule has 0 fully saturated rings. The SMILES string of the molecule is CC(=O)OS(=O)(=O)CC(F)(F)F. The number of halogens is 3. The quantitative estimate of drug-likeness (QED) is 0.615. The molecular formula is C4H5F3O4S. The topological polar surface area (TPSA) is 60.4 Å². The average molecular weight is 206 g/mol. The Morgan fingerprint density at radius 2 is 1.83 bits per heavy atom. The van der Waals surface area contributed by atoms with Gasteiger partial charge in [-0.2, -0.15) is 21.6 Å². The molecule has 0 unspecified atom stereocenters. The van der Waals surface area contributed by atoms with E-state index in [9.17, 15) is 26.4 Å². The lowest BCUT2D eigenvalue weighted by Crippen LogP contribution is -2.25. The lowest BCUT2D eigenvalue weighted by Gasteiger charge is -2.05. The van der Waals surface area contributed by atoms with Crippen LogP contribution in [0.2, 0.25) is 0 Å². The Morgan fingerprint density at radius 3 is 2.08 bits per heavy atom. The van der Waals surface area contributed by atoms with Gasteiger partial charge < -0.3 is 4.18 Å².